The van der Waals surface area contributed by atoms with Crippen molar-refractivity contribution in [2.75, 3.05) is 13.2 Å². The van der Waals surface area contributed by atoms with Crippen molar-refractivity contribution in [2.24, 2.45) is 0 Å². The average molecular weight is 469 g/mol. The highest BCUT2D eigenvalue weighted by atomic mass is 16.5. The summed E-state index contributed by atoms with van der Waals surface area (Å²) in [5.74, 6) is -0.0918. The van der Waals surface area contributed by atoms with Gasteiger partial charge in [0.15, 0.2) is 0 Å². The second kappa shape index (κ2) is 27.2. The highest BCUT2D eigenvalue weighted by Crippen LogP contribution is 2.13. The van der Waals surface area contributed by atoms with E-state index in [0.29, 0.717) is 26.1 Å². The SMILES string of the molecule is CCCCCCCCCCCCCCOC(=O)CCCCCCCCC(=O)OCCCCC. The van der Waals surface area contributed by atoms with Crippen LogP contribution in [0.4, 0.5) is 0 Å². The zero-order chi connectivity index (χ0) is 24.2. The van der Waals surface area contributed by atoms with Crippen LogP contribution in [-0.4, -0.2) is 25.2 Å². The zero-order valence-electron chi connectivity index (χ0n) is 22.3. The van der Waals surface area contributed by atoms with E-state index in [-0.39, 0.29) is 11.9 Å². The Balaban J connectivity index is 3.23. The summed E-state index contributed by atoms with van der Waals surface area (Å²) in [4.78, 5) is 23.4. The highest BCUT2D eigenvalue weighted by molar-refractivity contribution is 5.69. The Labute approximate surface area is 206 Å². The molecule has 0 fully saturated rings. The lowest BCUT2D eigenvalue weighted by Gasteiger charge is -2.06. The highest BCUT2D eigenvalue weighted by Gasteiger charge is 2.04. The molecule has 0 saturated heterocycles. The molecule has 0 aromatic rings. The number of carbonyl (C=O) groups is 2. The van der Waals surface area contributed by atoms with E-state index in [1.807, 2.05) is 0 Å². The molecule has 33 heavy (non-hydrogen) atoms. The molecule has 4 nitrogen and oxygen atoms in total. The number of ether oxygens (including phenoxy) is 2. The summed E-state index contributed by atoms with van der Waals surface area (Å²) in [6.45, 7) is 5.57. The van der Waals surface area contributed by atoms with Crippen LogP contribution in [0.3, 0.4) is 0 Å². The Morgan fingerprint density at radius 2 is 0.667 bits per heavy atom. The molecule has 0 N–H and O–H groups in total. The summed E-state index contributed by atoms with van der Waals surface area (Å²) in [7, 11) is 0. The summed E-state index contributed by atoms with van der Waals surface area (Å²) < 4.78 is 10.6. The molecular formula is C29H56O4. The van der Waals surface area contributed by atoms with Crippen LogP contribution in [-0.2, 0) is 19.1 Å². The van der Waals surface area contributed by atoms with Gasteiger partial charge >= 0.3 is 11.9 Å². The van der Waals surface area contributed by atoms with E-state index in [1.54, 1.807) is 0 Å². The smallest absolute Gasteiger partial charge is 0.305 e. The van der Waals surface area contributed by atoms with Gasteiger partial charge in [-0.05, 0) is 25.7 Å². The molecule has 0 heterocycles. The second-order valence-corrected chi connectivity index (χ2v) is 9.66. The summed E-state index contributed by atoms with van der Waals surface area (Å²) in [6, 6.07) is 0. The van der Waals surface area contributed by atoms with Crippen molar-refractivity contribution in [3.8, 4) is 0 Å². The number of carbonyl (C=O) groups excluding carboxylic acids is 2. The minimum Gasteiger partial charge on any atom is -0.466 e. The third kappa shape index (κ3) is 27.1. The average Bonchev–Trinajstić information content (AvgIpc) is 2.81. The normalized spacial score (nSPS) is 11.0. The maximum absolute atomic E-state index is 11.8. The summed E-state index contributed by atoms with van der Waals surface area (Å²) in [6.07, 6.45) is 26.4. The van der Waals surface area contributed by atoms with Crippen molar-refractivity contribution >= 4 is 11.9 Å². The molecule has 0 saturated carbocycles. The fourth-order valence-corrected chi connectivity index (χ4v) is 4.06. The van der Waals surface area contributed by atoms with Gasteiger partial charge in [0.1, 0.15) is 0 Å². The standard InChI is InChI=1S/C29H56O4/c1-3-5-7-8-9-10-11-12-13-16-19-23-27-33-29(31)25-21-18-15-14-17-20-24-28(30)32-26-22-6-4-2/h3-27H2,1-2H3. The van der Waals surface area contributed by atoms with Crippen LogP contribution >= 0.6 is 0 Å². The first kappa shape index (κ1) is 31.9. The van der Waals surface area contributed by atoms with E-state index in [1.165, 1.54) is 70.6 Å². The minimum absolute atomic E-state index is 0.0381. The lowest BCUT2D eigenvalue weighted by atomic mass is 10.1. The Morgan fingerprint density at radius 3 is 1.06 bits per heavy atom. The molecule has 0 unspecified atom stereocenters. The van der Waals surface area contributed by atoms with Gasteiger partial charge in [-0.1, -0.05) is 123 Å². The van der Waals surface area contributed by atoms with Crippen LogP contribution in [0.15, 0.2) is 0 Å². The third-order valence-corrected chi connectivity index (χ3v) is 6.28. The Morgan fingerprint density at radius 1 is 0.394 bits per heavy atom. The van der Waals surface area contributed by atoms with Crippen molar-refractivity contribution in [1.29, 1.82) is 0 Å². The fourth-order valence-electron chi connectivity index (χ4n) is 4.06. The molecule has 0 radical (unpaired) electrons. The Kier molecular flexibility index (Phi) is 26.3. The van der Waals surface area contributed by atoms with E-state index >= 15 is 0 Å². The molecule has 196 valence electrons. The van der Waals surface area contributed by atoms with Crippen molar-refractivity contribution in [3.05, 3.63) is 0 Å². The molecule has 0 spiro atoms. The molecule has 0 rings (SSSR count). The van der Waals surface area contributed by atoms with Crippen molar-refractivity contribution in [3.63, 3.8) is 0 Å². The zero-order valence-corrected chi connectivity index (χ0v) is 22.3. The molecule has 0 amide bonds. The maximum atomic E-state index is 11.8. The predicted octanol–water partition coefficient (Wildman–Crippen LogP) is 9.08. The molecular weight excluding hydrogens is 412 g/mol. The second-order valence-electron chi connectivity index (χ2n) is 9.66. The van der Waals surface area contributed by atoms with Crippen LogP contribution in [0.1, 0.15) is 162 Å². The third-order valence-electron chi connectivity index (χ3n) is 6.28. The number of unbranched alkanes of at least 4 members (excludes halogenated alkanes) is 18. The van der Waals surface area contributed by atoms with Gasteiger partial charge in [-0.3, -0.25) is 9.59 Å². The van der Waals surface area contributed by atoms with Gasteiger partial charge in [-0.15, -0.1) is 0 Å². The monoisotopic (exact) mass is 468 g/mol. The number of hydrogen-bond acceptors (Lipinski definition) is 4. The van der Waals surface area contributed by atoms with Crippen LogP contribution in [0.25, 0.3) is 0 Å². The first-order chi connectivity index (χ1) is 16.2. The molecule has 4 heteroatoms. The van der Waals surface area contributed by atoms with E-state index < -0.39 is 0 Å². The van der Waals surface area contributed by atoms with E-state index in [0.717, 1.165) is 64.2 Å². The molecule has 0 aliphatic rings. The first-order valence-electron chi connectivity index (χ1n) is 14.5. The minimum atomic E-state index is -0.0537. The lowest BCUT2D eigenvalue weighted by Crippen LogP contribution is -2.06. The quantitative estimate of drug-likeness (QED) is 0.0938. The Bertz CT molecular complexity index is 422. The van der Waals surface area contributed by atoms with Gasteiger partial charge in [-0.2, -0.15) is 0 Å². The van der Waals surface area contributed by atoms with Gasteiger partial charge in [0.25, 0.3) is 0 Å². The van der Waals surface area contributed by atoms with Gasteiger partial charge < -0.3 is 9.47 Å². The fraction of sp³-hybridized carbons (Fsp3) is 0.931. The van der Waals surface area contributed by atoms with Crippen LogP contribution in [0.5, 0.6) is 0 Å². The first-order valence-corrected chi connectivity index (χ1v) is 14.5. The molecule has 0 aliphatic carbocycles. The van der Waals surface area contributed by atoms with Crippen LogP contribution < -0.4 is 0 Å². The van der Waals surface area contributed by atoms with Crippen molar-refractivity contribution < 1.29 is 19.1 Å². The predicted molar refractivity (Wildman–Crippen MR) is 139 cm³/mol. The van der Waals surface area contributed by atoms with Crippen molar-refractivity contribution in [1.82, 2.24) is 0 Å². The molecule has 0 aromatic heterocycles. The number of rotatable bonds is 26. The van der Waals surface area contributed by atoms with Gasteiger partial charge in [0.05, 0.1) is 13.2 Å². The topological polar surface area (TPSA) is 52.6 Å². The number of hydrogen-bond donors (Lipinski definition) is 0. The number of esters is 2. The molecule has 0 aromatic carbocycles. The molecule has 0 atom stereocenters. The van der Waals surface area contributed by atoms with E-state index in [2.05, 4.69) is 13.8 Å². The molecule has 0 aliphatic heterocycles. The summed E-state index contributed by atoms with van der Waals surface area (Å²) >= 11 is 0. The maximum Gasteiger partial charge on any atom is 0.305 e. The largest absolute Gasteiger partial charge is 0.466 e. The van der Waals surface area contributed by atoms with Gasteiger partial charge in [-0.25, -0.2) is 0 Å². The van der Waals surface area contributed by atoms with Crippen molar-refractivity contribution in [2.45, 2.75) is 162 Å². The summed E-state index contributed by atoms with van der Waals surface area (Å²) in [5.41, 5.74) is 0. The van der Waals surface area contributed by atoms with E-state index in [4.69, 9.17) is 9.47 Å². The van der Waals surface area contributed by atoms with Gasteiger partial charge in [0, 0.05) is 12.8 Å². The lowest BCUT2D eigenvalue weighted by molar-refractivity contribution is -0.144. The van der Waals surface area contributed by atoms with Crippen LogP contribution in [0, 0.1) is 0 Å². The van der Waals surface area contributed by atoms with Crippen LogP contribution in [0.2, 0.25) is 0 Å². The molecule has 0 bridgehead atoms. The van der Waals surface area contributed by atoms with E-state index in [9.17, 15) is 9.59 Å². The Hall–Kier alpha value is -1.06. The van der Waals surface area contributed by atoms with Gasteiger partial charge in [0.2, 0.25) is 0 Å². The summed E-state index contributed by atoms with van der Waals surface area (Å²) in [5, 5.41) is 0.